The number of hydroxylamine groups is 1. The Morgan fingerprint density at radius 1 is 1.31 bits per heavy atom. The molecule has 0 amide bonds. The fourth-order valence-electron chi connectivity index (χ4n) is 1.25. The fraction of sp³-hybridized carbons (Fsp3) is 0.0909. The molecule has 2 heteroatoms. The number of rotatable bonds is 2. The molecule has 1 aliphatic rings. The summed E-state index contributed by atoms with van der Waals surface area (Å²) in [6, 6.07) is 10.1. The number of benzene rings is 1. The molecule has 1 aromatic carbocycles. The summed E-state index contributed by atoms with van der Waals surface area (Å²) >= 11 is 0. The van der Waals surface area contributed by atoms with Gasteiger partial charge in [0.15, 0.2) is 0 Å². The maximum Gasteiger partial charge on any atom is 0.124 e. The summed E-state index contributed by atoms with van der Waals surface area (Å²) in [6.45, 7) is 3.66. The van der Waals surface area contributed by atoms with Gasteiger partial charge in [-0.15, -0.1) is 6.58 Å². The molecule has 0 radical (unpaired) electrons. The second kappa shape index (κ2) is 3.46. The molecule has 0 fully saturated rings. The maximum absolute atomic E-state index is 5.21. The molecule has 0 aromatic heterocycles. The third kappa shape index (κ3) is 1.63. The maximum atomic E-state index is 5.21. The highest BCUT2D eigenvalue weighted by molar-refractivity contribution is 5.65. The van der Waals surface area contributed by atoms with E-state index in [0.29, 0.717) is 0 Å². The highest BCUT2D eigenvalue weighted by Gasteiger charge is 2.13. The Morgan fingerprint density at radius 2 is 2.08 bits per heavy atom. The molecule has 1 N–H and O–H groups in total. The molecule has 2 nitrogen and oxygen atoms in total. The van der Waals surface area contributed by atoms with E-state index in [1.54, 1.807) is 6.08 Å². The van der Waals surface area contributed by atoms with Crippen LogP contribution < -0.4 is 5.48 Å². The first-order valence-corrected chi connectivity index (χ1v) is 4.21. The third-order valence-corrected chi connectivity index (χ3v) is 1.95. The number of nitrogens with one attached hydrogen (secondary N) is 1. The van der Waals surface area contributed by atoms with Crippen LogP contribution in [0.25, 0.3) is 5.70 Å². The molecule has 1 atom stereocenters. The van der Waals surface area contributed by atoms with Crippen molar-refractivity contribution in [1.29, 1.82) is 0 Å². The summed E-state index contributed by atoms with van der Waals surface area (Å²) in [5.41, 5.74) is 5.00. The van der Waals surface area contributed by atoms with E-state index < -0.39 is 0 Å². The minimum absolute atomic E-state index is 0.0183. The van der Waals surface area contributed by atoms with Crippen molar-refractivity contribution in [3.63, 3.8) is 0 Å². The largest absolute Gasteiger partial charge is 0.266 e. The van der Waals surface area contributed by atoms with Crippen molar-refractivity contribution in [2.45, 2.75) is 6.10 Å². The Hall–Kier alpha value is -1.54. The molecular formula is C11H11NO. The molecule has 1 unspecified atom stereocenters. The highest BCUT2D eigenvalue weighted by Crippen LogP contribution is 2.17. The topological polar surface area (TPSA) is 21.3 Å². The van der Waals surface area contributed by atoms with Crippen LogP contribution in [0.5, 0.6) is 0 Å². The molecule has 1 heterocycles. The normalized spacial score (nSPS) is 20.6. The van der Waals surface area contributed by atoms with Crippen LogP contribution in [0.3, 0.4) is 0 Å². The minimum atomic E-state index is -0.0183. The molecule has 0 spiro atoms. The van der Waals surface area contributed by atoms with Crippen LogP contribution in [0.4, 0.5) is 0 Å². The smallest absolute Gasteiger partial charge is 0.124 e. The van der Waals surface area contributed by atoms with Crippen molar-refractivity contribution in [3.05, 3.63) is 54.6 Å². The second-order valence-corrected chi connectivity index (χ2v) is 2.87. The SMILES string of the molecule is C=CC1C=C(c2ccccc2)NO1. The average molecular weight is 173 g/mol. The summed E-state index contributed by atoms with van der Waals surface area (Å²) < 4.78 is 0. The van der Waals surface area contributed by atoms with Gasteiger partial charge < -0.3 is 0 Å². The molecule has 0 saturated carbocycles. The van der Waals surface area contributed by atoms with E-state index in [0.717, 1.165) is 11.3 Å². The average Bonchev–Trinajstić information content (AvgIpc) is 2.67. The lowest BCUT2D eigenvalue weighted by Gasteiger charge is -2.02. The van der Waals surface area contributed by atoms with Crippen molar-refractivity contribution >= 4 is 5.70 Å². The lowest BCUT2D eigenvalue weighted by Crippen LogP contribution is -2.09. The quantitative estimate of drug-likeness (QED) is 0.692. The van der Waals surface area contributed by atoms with Gasteiger partial charge in [-0.2, -0.15) is 0 Å². The summed E-state index contributed by atoms with van der Waals surface area (Å²) in [7, 11) is 0. The fourth-order valence-corrected chi connectivity index (χ4v) is 1.25. The zero-order chi connectivity index (χ0) is 9.10. The van der Waals surface area contributed by atoms with E-state index in [9.17, 15) is 0 Å². The molecular weight excluding hydrogens is 162 g/mol. The van der Waals surface area contributed by atoms with Crippen molar-refractivity contribution in [1.82, 2.24) is 5.48 Å². The predicted molar refractivity (Wildman–Crippen MR) is 52.6 cm³/mol. The molecule has 0 aliphatic carbocycles. The van der Waals surface area contributed by atoms with E-state index in [1.165, 1.54) is 0 Å². The molecule has 1 aliphatic heterocycles. The van der Waals surface area contributed by atoms with Gasteiger partial charge in [0, 0.05) is 0 Å². The molecule has 0 saturated heterocycles. The summed E-state index contributed by atoms with van der Waals surface area (Å²) in [4.78, 5) is 5.21. The van der Waals surface area contributed by atoms with Crippen molar-refractivity contribution in [3.8, 4) is 0 Å². The Morgan fingerprint density at radius 3 is 2.69 bits per heavy atom. The van der Waals surface area contributed by atoms with Gasteiger partial charge in [0.25, 0.3) is 0 Å². The first-order valence-electron chi connectivity index (χ1n) is 4.21. The first kappa shape index (κ1) is 8.08. The van der Waals surface area contributed by atoms with Crippen molar-refractivity contribution in [2.75, 3.05) is 0 Å². The second-order valence-electron chi connectivity index (χ2n) is 2.87. The van der Waals surface area contributed by atoms with Crippen LogP contribution >= 0.6 is 0 Å². The summed E-state index contributed by atoms with van der Waals surface area (Å²) in [5, 5.41) is 0. The van der Waals surface area contributed by atoms with Gasteiger partial charge in [0.1, 0.15) is 6.10 Å². The first-order chi connectivity index (χ1) is 6.40. The van der Waals surface area contributed by atoms with Gasteiger partial charge in [-0.3, -0.25) is 10.3 Å². The van der Waals surface area contributed by atoms with Gasteiger partial charge in [-0.05, 0) is 11.6 Å². The standard InChI is InChI=1S/C11H11NO/c1-2-10-8-11(12-13-10)9-6-4-3-5-7-9/h2-8,10,12H,1H2. The highest BCUT2D eigenvalue weighted by atomic mass is 16.7. The Bertz CT molecular complexity index is 329. The predicted octanol–water partition coefficient (Wildman–Crippen LogP) is 2.12. The molecule has 1 aromatic rings. The molecule has 66 valence electrons. The van der Waals surface area contributed by atoms with E-state index >= 15 is 0 Å². The van der Waals surface area contributed by atoms with Gasteiger partial charge >= 0.3 is 0 Å². The van der Waals surface area contributed by atoms with Gasteiger partial charge in [0.2, 0.25) is 0 Å². The number of hydrogen-bond donors (Lipinski definition) is 1. The summed E-state index contributed by atoms with van der Waals surface area (Å²) in [5.74, 6) is 0. The van der Waals surface area contributed by atoms with Crippen LogP contribution in [-0.2, 0) is 4.84 Å². The van der Waals surface area contributed by atoms with E-state index in [4.69, 9.17) is 4.84 Å². The number of hydrogen-bond acceptors (Lipinski definition) is 2. The minimum Gasteiger partial charge on any atom is -0.266 e. The van der Waals surface area contributed by atoms with Gasteiger partial charge in [-0.1, -0.05) is 36.4 Å². The molecule has 13 heavy (non-hydrogen) atoms. The van der Waals surface area contributed by atoms with Crippen LogP contribution in [0.1, 0.15) is 5.56 Å². The Labute approximate surface area is 77.5 Å². The van der Waals surface area contributed by atoms with Crippen LogP contribution in [0.2, 0.25) is 0 Å². The zero-order valence-corrected chi connectivity index (χ0v) is 7.23. The van der Waals surface area contributed by atoms with Gasteiger partial charge in [0.05, 0.1) is 5.70 Å². The summed E-state index contributed by atoms with van der Waals surface area (Å²) in [6.07, 6.45) is 3.74. The van der Waals surface area contributed by atoms with Gasteiger partial charge in [-0.25, -0.2) is 0 Å². The molecule has 2 rings (SSSR count). The van der Waals surface area contributed by atoms with Crippen LogP contribution in [-0.4, -0.2) is 6.10 Å². The van der Waals surface area contributed by atoms with Crippen molar-refractivity contribution in [2.24, 2.45) is 0 Å². The lowest BCUT2D eigenvalue weighted by atomic mass is 10.1. The van der Waals surface area contributed by atoms with Crippen molar-refractivity contribution < 1.29 is 4.84 Å². The van der Waals surface area contributed by atoms with E-state index in [2.05, 4.69) is 12.1 Å². The molecule has 0 bridgehead atoms. The van der Waals surface area contributed by atoms with E-state index in [1.807, 2.05) is 36.4 Å². The van der Waals surface area contributed by atoms with Crippen LogP contribution in [0.15, 0.2) is 49.1 Å². The monoisotopic (exact) mass is 173 g/mol. The Kier molecular flexibility index (Phi) is 2.15. The third-order valence-electron chi connectivity index (χ3n) is 1.95. The zero-order valence-electron chi connectivity index (χ0n) is 7.23. The van der Waals surface area contributed by atoms with E-state index in [-0.39, 0.29) is 6.10 Å². The lowest BCUT2D eigenvalue weighted by molar-refractivity contribution is 0.0785. The van der Waals surface area contributed by atoms with Crippen LogP contribution in [0, 0.1) is 0 Å². The Balaban J connectivity index is 2.24.